The van der Waals surface area contributed by atoms with Crippen molar-refractivity contribution >= 4 is 11.6 Å². The van der Waals surface area contributed by atoms with Gasteiger partial charge < -0.3 is 5.11 Å². The number of aromatic nitrogens is 2. The van der Waals surface area contributed by atoms with Crippen LogP contribution in [0.2, 0.25) is 0 Å². The summed E-state index contributed by atoms with van der Waals surface area (Å²) in [4.78, 5) is 42.5. The number of aryl methyl sites for hydroxylation is 1. The number of carbonyl (C=O) groups excluding carboxylic acids is 2. The largest absolute Gasteiger partial charge is 0.501 e. The van der Waals surface area contributed by atoms with Gasteiger partial charge in [-0.15, -0.1) is 0 Å². The summed E-state index contributed by atoms with van der Waals surface area (Å²) < 4.78 is 14.2. The van der Waals surface area contributed by atoms with Crippen molar-refractivity contribution < 1.29 is 19.1 Å². The lowest BCUT2D eigenvalue weighted by molar-refractivity contribution is 0.0954. The maximum Gasteiger partial charge on any atom is 0.296 e. The second-order valence-corrected chi connectivity index (χ2v) is 8.40. The van der Waals surface area contributed by atoms with E-state index >= 15 is 0 Å². The summed E-state index contributed by atoms with van der Waals surface area (Å²) in [7, 11) is 1.45. The van der Waals surface area contributed by atoms with E-state index < -0.39 is 22.5 Å². The first-order valence-electron chi connectivity index (χ1n) is 10.3. The number of benzene rings is 2. The van der Waals surface area contributed by atoms with Crippen molar-refractivity contribution in [2.45, 2.75) is 38.5 Å². The quantitative estimate of drug-likeness (QED) is 0.540. The number of aromatic hydroxyl groups is 1. The fourth-order valence-electron chi connectivity index (χ4n) is 3.62. The van der Waals surface area contributed by atoms with Crippen molar-refractivity contribution in [2.75, 3.05) is 0 Å². The number of halogens is 1. The van der Waals surface area contributed by atoms with E-state index in [0.29, 0.717) is 12.0 Å². The molecule has 1 heterocycles. The Labute approximate surface area is 185 Å². The Morgan fingerprint density at radius 2 is 1.66 bits per heavy atom. The summed E-state index contributed by atoms with van der Waals surface area (Å²) in [6.07, 6.45) is 0.355. The van der Waals surface area contributed by atoms with E-state index in [4.69, 9.17) is 0 Å². The van der Waals surface area contributed by atoms with E-state index in [0.717, 1.165) is 5.56 Å². The second kappa shape index (κ2) is 9.26. The van der Waals surface area contributed by atoms with E-state index in [1.807, 2.05) is 6.07 Å². The maximum absolute atomic E-state index is 13.1. The van der Waals surface area contributed by atoms with Gasteiger partial charge in [0.1, 0.15) is 11.6 Å². The lowest BCUT2D eigenvalue weighted by Crippen LogP contribution is -2.34. The van der Waals surface area contributed by atoms with Crippen LogP contribution in [0.1, 0.15) is 58.9 Å². The number of rotatable bonds is 8. The van der Waals surface area contributed by atoms with Crippen LogP contribution in [0.15, 0.2) is 59.4 Å². The highest BCUT2D eigenvalue weighted by molar-refractivity contribution is 5.97. The lowest BCUT2D eigenvalue weighted by atomic mass is 9.84. The first kappa shape index (κ1) is 23.1. The lowest BCUT2D eigenvalue weighted by Gasteiger charge is -2.26. The van der Waals surface area contributed by atoms with E-state index in [9.17, 15) is 23.9 Å². The second-order valence-electron chi connectivity index (χ2n) is 8.40. The molecule has 3 rings (SSSR count). The summed E-state index contributed by atoms with van der Waals surface area (Å²) in [5.74, 6) is -1.49. The van der Waals surface area contributed by atoms with Gasteiger partial charge >= 0.3 is 0 Å². The summed E-state index contributed by atoms with van der Waals surface area (Å²) in [6, 6.07) is 14.5. The van der Waals surface area contributed by atoms with Crippen LogP contribution in [0.3, 0.4) is 0 Å². The van der Waals surface area contributed by atoms with Crippen molar-refractivity contribution in [2.24, 2.45) is 7.05 Å². The molecule has 0 radical (unpaired) electrons. The average molecular weight is 436 g/mol. The zero-order valence-corrected chi connectivity index (χ0v) is 18.3. The van der Waals surface area contributed by atoms with Gasteiger partial charge in [0.25, 0.3) is 5.56 Å². The molecule has 0 fully saturated rings. The van der Waals surface area contributed by atoms with Crippen LogP contribution < -0.4 is 5.56 Å². The molecule has 0 spiro atoms. The SMILES string of the molecule is Cn1c(C(C)(C)CC(=O)c2ccccc2)nc(C(=O)CCc2ccc(F)cc2)c(O)c1=O. The van der Waals surface area contributed by atoms with Crippen molar-refractivity contribution in [1.82, 2.24) is 9.55 Å². The minimum absolute atomic E-state index is 0.0117. The topological polar surface area (TPSA) is 89.3 Å². The summed E-state index contributed by atoms with van der Waals surface area (Å²) in [5.41, 5.74) is -0.650. The molecule has 3 aromatic rings. The zero-order chi connectivity index (χ0) is 23.5. The van der Waals surface area contributed by atoms with Gasteiger partial charge in [-0.25, -0.2) is 9.37 Å². The van der Waals surface area contributed by atoms with E-state index in [1.165, 1.54) is 23.7 Å². The Hall–Kier alpha value is -3.61. The minimum Gasteiger partial charge on any atom is -0.501 e. The van der Waals surface area contributed by atoms with Crippen LogP contribution in [0.4, 0.5) is 4.39 Å². The molecule has 0 saturated carbocycles. The molecule has 6 nitrogen and oxygen atoms in total. The van der Waals surface area contributed by atoms with Crippen LogP contribution >= 0.6 is 0 Å². The van der Waals surface area contributed by atoms with Crippen molar-refractivity contribution in [3.05, 3.63) is 93.4 Å². The molecule has 32 heavy (non-hydrogen) atoms. The predicted octanol–water partition coefficient (Wildman–Crippen LogP) is 3.99. The van der Waals surface area contributed by atoms with Crippen molar-refractivity contribution in [1.29, 1.82) is 0 Å². The van der Waals surface area contributed by atoms with E-state index in [2.05, 4.69) is 4.98 Å². The zero-order valence-electron chi connectivity index (χ0n) is 18.3. The molecule has 0 aliphatic heterocycles. The summed E-state index contributed by atoms with van der Waals surface area (Å²) in [5, 5.41) is 10.3. The van der Waals surface area contributed by atoms with Gasteiger partial charge in [-0.2, -0.15) is 0 Å². The number of ketones is 2. The highest BCUT2D eigenvalue weighted by atomic mass is 19.1. The number of Topliss-reactive ketones (excluding diaryl/α,β-unsaturated/α-hetero) is 2. The van der Waals surface area contributed by atoms with Gasteiger partial charge in [0.05, 0.1) is 0 Å². The fraction of sp³-hybridized carbons (Fsp3) is 0.280. The molecular formula is C25H25FN2O4. The van der Waals surface area contributed by atoms with E-state index in [-0.39, 0.29) is 36.0 Å². The highest BCUT2D eigenvalue weighted by Crippen LogP contribution is 2.28. The Balaban J connectivity index is 1.88. The molecule has 0 bridgehead atoms. The van der Waals surface area contributed by atoms with Gasteiger partial charge in [-0.1, -0.05) is 56.3 Å². The van der Waals surface area contributed by atoms with E-state index in [1.54, 1.807) is 50.2 Å². The monoisotopic (exact) mass is 436 g/mol. The Morgan fingerprint density at radius 3 is 2.28 bits per heavy atom. The molecule has 0 unspecified atom stereocenters. The Morgan fingerprint density at radius 1 is 1.03 bits per heavy atom. The summed E-state index contributed by atoms with van der Waals surface area (Å²) in [6.45, 7) is 3.53. The van der Waals surface area contributed by atoms with Gasteiger partial charge in [0.15, 0.2) is 17.3 Å². The normalized spacial score (nSPS) is 11.4. The number of carbonyl (C=O) groups is 2. The number of hydrogen-bond acceptors (Lipinski definition) is 5. The average Bonchev–Trinajstić information content (AvgIpc) is 2.77. The molecular weight excluding hydrogens is 411 g/mol. The first-order chi connectivity index (χ1) is 15.1. The molecule has 0 aliphatic rings. The third kappa shape index (κ3) is 4.99. The molecule has 0 amide bonds. The summed E-state index contributed by atoms with van der Waals surface area (Å²) >= 11 is 0. The predicted molar refractivity (Wildman–Crippen MR) is 119 cm³/mol. The molecule has 0 atom stereocenters. The van der Waals surface area contributed by atoms with Crippen LogP contribution in [-0.4, -0.2) is 26.2 Å². The highest BCUT2D eigenvalue weighted by Gasteiger charge is 2.32. The van der Waals surface area contributed by atoms with Crippen molar-refractivity contribution in [3.63, 3.8) is 0 Å². The fourth-order valence-corrected chi connectivity index (χ4v) is 3.62. The molecule has 0 saturated heterocycles. The third-order valence-electron chi connectivity index (χ3n) is 5.39. The van der Waals surface area contributed by atoms with Crippen LogP contribution in [0.5, 0.6) is 5.75 Å². The van der Waals surface area contributed by atoms with Gasteiger partial charge in [-0.05, 0) is 24.1 Å². The smallest absolute Gasteiger partial charge is 0.296 e. The number of nitrogens with zero attached hydrogens (tertiary/aromatic N) is 2. The van der Waals surface area contributed by atoms with Crippen LogP contribution in [-0.2, 0) is 18.9 Å². The van der Waals surface area contributed by atoms with Crippen LogP contribution in [0.25, 0.3) is 0 Å². The molecule has 1 aromatic heterocycles. The minimum atomic E-state index is -0.874. The molecule has 166 valence electrons. The Bertz CT molecular complexity index is 1200. The maximum atomic E-state index is 13.1. The Kier molecular flexibility index (Phi) is 6.67. The van der Waals surface area contributed by atoms with Gasteiger partial charge in [-0.3, -0.25) is 19.0 Å². The molecule has 1 N–H and O–H groups in total. The molecule has 0 aliphatic carbocycles. The van der Waals surface area contributed by atoms with Crippen LogP contribution in [0, 0.1) is 5.82 Å². The first-order valence-corrected chi connectivity index (χ1v) is 10.3. The molecule has 7 heteroatoms. The van der Waals surface area contributed by atoms with Crippen molar-refractivity contribution in [3.8, 4) is 5.75 Å². The standard InChI is InChI=1S/C25H25FN2O4/c1-25(2,15-20(30)17-7-5-4-6-8-17)24-27-21(22(31)23(32)28(24)3)19(29)14-11-16-9-12-18(26)13-10-16/h4-10,12-13,31H,11,14-15H2,1-3H3. The molecule has 2 aromatic carbocycles. The number of hydrogen-bond donors (Lipinski definition) is 1. The van der Waals surface area contributed by atoms with Gasteiger partial charge in [0.2, 0.25) is 5.75 Å². The van der Waals surface area contributed by atoms with Gasteiger partial charge in [0, 0.05) is 30.9 Å². The third-order valence-corrected chi connectivity index (χ3v) is 5.39.